The zero-order valence-corrected chi connectivity index (χ0v) is 12.4. The molecule has 0 spiro atoms. The molecule has 0 saturated carbocycles. The molecule has 2 aromatic rings. The SMILES string of the molecule is CC(C)Oc1cccnc1Oc1ccc(I)cc1. The molecule has 3 nitrogen and oxygen atoms in total. The number of hydrogen-bond acceptors (Lipinski definition) is 3. The van der Waals surface area contributed by atoms with E-state index >= 15 is 0 Å². The number of hydrogen-bond donors (Lipinski definition) is 0. The van der Waals surface area contributed by atoms with E-state index in [-0.39, 0.29) is 6.10 Å². The Bertz CT molecular complexity index is 511. The third kappa shape index (κ3) is 3.60. The second-order valence-electron chi connectivity index (χ2n) is 4.03. The summed E-state index contributed by atoms with van der Waals surface area (Å²) in [6.07, 6.45) is 1.78. The molecule has 0 aliphatic carbocycles. The summed E-state index contributed by atoms with van der Waals surface area (Å²) in [6, 6.07) is 11.5. The zero-order chi connectivity index (χ0) is 13.0. The van der Waals surface area contributed by atoms with Crippen molar-refractivity contribution >= 4 is 22.6 Å². The highest BCUT2D eigenvalue weighted by Gasteiger charge is 2.08. The van der Waals surface area contributed by atoms with Gasteiger partial charge in [0.15, 0.2) is 5.75 Å². The van der Waals surface area contributed by atoms with E-state index in [2.05, 4.69) is 27.6 Å². The number of nitrogens with zero attached hydrogens (tertiary/aromatic N) is 1. The lowest BCUT2D eigenvalue weighted by Gasteiger charge is -2.13. The van der Waals surface area contributed by atoms with E-state index in [0.29, 0.717) is 11.6 Å². The summed E-state index contributed by atoms with van der Waals surface area (Å²) in [7, 11) is 0. The minimum absolute atomic E-state index is 0.0910. The Balaban J connectivity index is 2.20. The number of rotatable bonds is 4. The van der Waals surface area contributed by atoms with Crippen LogP contribution < -0.4 is 9.47 Å². The van der Waals surface area contributed by atoms with Crippen LogP contribution in [0.2, 0.25) is 0 Å². The van der Waals surface area contributed by atoms with Gasteiger partial charge in [0.25, 0.3) is 5.88 Å². The third-order valence-corrected chi connectivity index (χ3v) is 2.85. The van der Waals surface area contributed by atoms with E-state index in [4.69, 9.17) is 9.47 Å². The van der Waals surface area contributed by atoms with E-state index < -0.39 is 0 Å². The van der Waals surface area contributed by atoms with Gasteiger partial charge in [0, 0.05) is 9.77 Å². The van der Waals surface area contributed by atoms with Crippen LogP contribution in [0, 0.1) is 3.57 Å². The summed E-state index contributed by atoms with van der Waals surface area (Å²) in [5.74, 6) is 1.90. The Labute approximate surface area is 120 Å². The largest absolute Gasteiger partial charge is 0.485 e. The first-order chi connectivity index (χ1) is 8.65. The van der Waals surface area contributed by atoms with Crippen LogP contribution in [-0.4, -0.2) is 11.1 Å². The lowest BCUT2D eigenvalue weighted by atomic mass is 10.3. The van der Waals surface area contributed by atoms with Gasteiger partial charge < -0.3 is 9.47 Å². The highest BCUT2D eigenvalue weighted by molar-refractivity contribution is 14.1. The standard InChI is InChI=1S/C14H14INO2/c1-10(2)17-13-4-3-9-16-14(13)18-12-7-5-11(15)6-8-12/h3-10H,1-2H3. The molecule has 0 atom stereocenters. The van der Waals surface area contributed by atoms with Gasteiger partial charge in [-0.1, -0.05) is 0 Å². The lowest BCUT2D eigenvalue weighted by molar-refractivity contribution is 0.231. The van der Waals surface area contributed by atoms with Gasteiger partial charge in [0.2, 0.25) is 0 Å². The van der Waals surface area contributed by atoms with E-state index in [0.717, 1.165) is 5.75 Å². The van der Waals surface area contributed by atoms with Crippen molar-refractivity contribution in [3.8, 4) is 17.4 Å². The van der Waals surface area contributed by atoms with Crippen molar-refractivity contribution in [2.75, 3.05) is 0 Å². The molecule has 0 saturated heterocycles. The van der Waals surface area contributed by atoms with Crippen molar-refractivity contribution in [3.63, 3.8) is 0 Å². The highest BCUT2D eigenvalue weighted by Crippen LogP contribution is 2.29. The Morgan fingerprint density at radius 3 is 2.50 bits per heavy atom. The fourth-order valence-corrected chi connectivity index (χ4v) is 1.77. The van der Waals surface area contributed by atoms with Crippen LogP contribution in [0.5, 0.6) is 17.4 Å². The van der Waals surface area contributed by atoms with Crippen LogP contribution >= 0.6 is 22.6 Å². The van der Waals surface area contributed by atoms with Crippen LogP contribution in [0.3, 0.4) is 0 Å². The molecule has 0 unspecified atom stereocenters. The van der Waals surface area contributed by atoms with Crippen LogP contribution in [0.4, 0.5) is 0 Å². The molecule has 18 heavy (non-hydrogen) atoms. The lowest BCUT2D eigenvalue weighted by Crippen LogP contribution is -2.07. The molecular formula is C14H14INO2. The quantitative estimate of drug-likeness (QED) is 0.768. The van der Waals surface area contributed by atoms with Crippen LogP contribution in [0.1, 0.15) is 13.8 Å². The molecule has 0 N–H and O–H groups in total. The Hall–Kier alpha value is -1.30. The van der Waals surface area contributed by atoms with Gasteiger partial charge in [-0.25, -0.2) is 4.98 Å². The fourth-order valence-electron chi connectivity index (χ4n) is 1.41. The molecule has 0 aliphatic heterocycles. The predicted molar refractivity (Wildman–Crippen MR) is 79.2 cm³/mol. The predicted octanol–water partition coefficient (Wildman–Crippen LogP) is 4.27. The third-order valence-electron chi connectivity index (χ3n) is 2.13. The minimum atomic E-state index is 0.0910. The maximum Gasteiger partial charge on any atom is 0.262 e. The first kappa shape index (κ1) is 13.1. The topological polar surface area (TPSA) is 31.4 Å². The molecule has 0 fully saturated rings. The number of pyridine rings is 1. The highest BCUT2D eigenvalue weighted by atomic mass is 127. The van der Waals surface area contributed by atoms with Crippen molar-refractivity contribution in [1.29, 1.82) is 0 Å². The Morgan fingerprint density at radius 2 is 1.83 bits per heavy atom. The number of benzene rings is 1. The number of halogens is 1. The summed E-state index contributed by atoms with van der Waals surface area (Å²) in [5, 5.41) is 0. The average Bonchev–Trinajstić information content (AvgIpc) is 2.34. The van der Waals surface area contributed by atoms with Crippen LogP contribution in [0.25, 0.3) is 0 Å². The summed E-state index contributed by atoms with van der Waals surface area (Å²) < 4.78 is 12.5. The summed E-state index contributed by atoms with van der Waals surface area (Å²) in [6.45, 7) is 3.95. The number of ether oxygens (including phenoxy) is 2. The molecule has 2 rings (SSSR count). The molecule has 4 heteroatoms. The monoisotopic (exact) mass is 355 g/mol. The van der Waals surface area contributed by atoms with Crippen LogP contribution in [-0.2, 0) is 0 Å². The first-order valence-electron chi connectivity index (χ1n) is 5.70. The molecule has 1 heterocycles. The first-order valence-corrected chi connectivity index (χ1v) is 6.78. The van der Waals surface area contributed by atoms with E-state index in [1.165, 1.54) is 3.57 Å². The van der Waals surface area contributed by atoms with Gasteiger partial charge in [-0.3, -0.25) is 0 Å². The Kier molecular flexibility index (Phi) is 4.41. The molecular weight excluding hydrogens is 341 g/mol. The maximum atomic E-state index is 5.73. The average molecular weight is 355 g/mol. The van der Waals surface area contributed by atoms with Crippen molar-refractivity contribution < 1.29 is 9.47 Å². The summed E-state index contributed by atoms with van der Waals surface area (Å²) >= 11 is 2.25. The molecule has 94 valence electrons. The molecule has 0 amide bonds. The minimum Gasteiger partial charge on any atom is -0.485 e. The smallest absolute Gasteiger partial charge is 0.262 e. The van der Waals surface area contributed by atoms with Crippen molar-refractivity contribution in [1.82, 2.24) is 4.98 Å². The molecule has 0 aliphatic rings. The normalized spacial score (nSPS) is 10.4. The zero-order valence-electron chi connectivity index (χ0n) is 10.3. The Morgan fingerprint density at radius 1 is 1.11 bits per heavy atom. The van der Waals surface area contributed by atoms with E-state index in [1.807, 2.05) is 50.2 Å². The van der Waals surface area contributed by atoms with Crippen molar-refractivity contribution in [3.05, 3.63) is 46.2 Å². The van der Waals surface area contributed by atoms with E-state index in [1.54, 1.807) is 6.20 Å². The fraction of sp³-hybridized carbons (Fsp3) is 0.214. The van der Waals surface area contributed by atoms with Gasteiger partial charge >= 0.3 is 0 Å². The van der Waals surface area contributed by atoms with Crippen LogP contribution in [0.15, 0.2) is 42.6 Å². The van der Waals surface area contributed by atoms with Crippen molar-refractivity contribution in [2.45, 2.75) is 20.0 Å². The second kappa shape index (κ2) is 6.04. The van der Waals surface area contributed by atoms with Gasteiger partial charge in [-0.2, -0.15) is 0 Å². The molecule has 1 aromatic heterocycles. The van der Waals surface area contributed by atoms with Gasteiger partial charge in [0.05, 0.1) is 6.10 Å². The summed E-state index contributed by atoms with van der Waals surface area (Å²) in [4.78, 5) is 4.20. The number of aromatic nitrogens is 1. The molecule has 0 bridgehead atoms. The summed E-state index contributed by atoms with van der Waals surface area (Å²) in [5.41, 5.74) is 0. The van der Waals surface area contributed by atoms with Gasteiger partial charge in [0.1, 0.15) is 5.75 Å². The molecule has 0 radical (unpaired) electrons. The van der Waals surface area contributed by atoms with Crippen molar-refractivity contribution in [2.24, 2.45) is 0 Å². The maximum absolute atomic E-state index is 5.73. The molecule has 1 aromatic carbocycles. The van der Waals surface area contributed by atoms with Gasteiger partial charge in [-0.15, -0.1) is 0 Å². The van der Waals surface area contributed by atoms with E-state index in [9.17, 15) is 0 Å². The van der Waals surface area contributed by atoms with Gasteiger partial charge in [-0.05, 0) is 72.8 Å². The second-order valence-corrected chi connectivity index (χ2v) is 5.27.